The second kappa shape index (κ2) is 8.35. The highest BCUT2D eigenvalue weighted by Crippen LogP contribution is 2.22. The van der Waals surface area contributed by atoms with Gasteiger partial charge in [-0.2, -0.15) is 5.10 Å². The number of ketones is 1. The van der Waals surface area contributed by atoms with Gasteiger partial charge in [-0.1, -0.05) is 40.2 Å². The van der Waals surface area contributed by atoms with E-state index in [1.807, 2.05) is 67.1 Å². The molecule has 0 bridgehead atoms. The molecule has 0 saturated carbocycles. The van der Waals surface area contributed by atoms with Crippen molar-refractivity contribution in [1.29, 1.82) is 0 Å². The summed E-state index contributed by atoms with van der Waals surface area (Å²) >= 11 is 3.39. The van der Waals surface area contributed by atoms with E-state index in [2.05, 4.69) is 21.0 Å². The predicted molar refractivity (Wildman–Crippen MR) is 111 cm³/mol. The van der Waals surface area contributed by atoms with Gasteiger partial charge >= 0.3 is 0 Å². The van der Waals surface area contributed by atoms with E-state index < -0.39 is 0 Å². The van der Waals surface area contributed by atoms with Crippen molar-refractivity contribution < 1.29 is 9.53 Å². The lowest BCUT2D eigenvalue weighted by atomic mass is 10.1. The Kier molecular flexibility index (Phi) is 5.91. The Balaban J connectivity index is 1.84. The number of halogens is 1. The van der Waals surface area contributed by atoms with Gasteiger partial charge in [-0.25, -0.2) is 0 Å². The molecular formula is C22H21BrN2O2. The third kappa shape index (κ3) is 4.74. The first-order chi connectivity index (χ1) is 13.0. The van der Waals surface area contributed by atoms with Gasteiger partial charge in [0.25, 0.3) is 0 Å². The van der Waals surface area contributed by atoms with Gasteiger partial charge in [0, 0.05) is 21.3 Å². The van der Waals surface area contributed by atoms with Crippen molar-refractivity contribution >= 4 is 27.8 Å². The highest BCUT2D eigenvalue weighted by molar-refractivity contribution is 9.10. The Bertz CT molecular complexity index is 1010. The van der Waals surface area contributed by atoms with E-state index in [0.717, 1.165) is 32.7 Å². The minimum absolute atomic E-state index is 0.0350. The highest BCUT2D eigenvalue weighted by Gasteiger charge is 2.08. The molecule has 0 N–H and O–H groups in total. The summed E-state index contributed by atoms with van der Waals surface area (Å²) < 4.78 is 8.33. The van der Waals surface area contributed by atoms with Crippen LogP contribution in [0.4, 0.5) is 0 Å². The maximum atomic E-state index is 12.4. The van der Waals surface area contributed by atoms with Crippen LogP contribution in [0.15, 0.2) is 59.1 Å². The molecule has 1 aromatic heterocycles. The van der Waals surface area contributed by atoms with Gasteiger partial charge in [0.2, 0.25) is 0 Å². The van der Waals surface area contributed by atoms with Crippen LogP contribution in [0.1, 0.15) is 32.9 Å². The minimum Gasteiger partial charge on any atom is -0.496 e. The molecule has 3 aromatic rings. The molecule has 0 fully saturated rings. The van der Waals surface area contributed by atoms with Gasteiger partial charge in [0.15, 0.2) is 5.78 Å². The smallest absolute Gasteiger partial charge is 0.185 e. The highest BCUT2D eigenvalue weighted by atomic mass is 79.9. The Morgan fingerprint density at radius 1 is 1.19 bits per heavy atom. The van der Waals surface area contributed by atoms with Crippen molar-refractivity contribution in [3.63, 3.8) is 0 Å². The fourth-order valence-corrected chi connectivity index (χ4v) is 3.33. The van der Waals surface area contributed by atoms with E-state index in [9.17, 15) is 4.79 Å². The van der Waals surface area contributed by atoms with Gasteiger partial charge in [-0.15, -0.1) is 0 Å². The zero-order chi connectivity index (χ0) is 19.4. The van der Waals surface area contributed by atoms with Crippen molar-refractivity contribution in [3.8, 4) is 5.75 Å². The maximum Gasteiger partial charge on any atom is 0.185 e. The third-order valence-corrected chi connectivity index (χ3v) is 4.76. The molecule has 3 rings (SSSR count). The third-order valence-electron chi connectivity index (χ3n) is 4.26. The van der Waals surface area contributed by atoms with E-state index in [4.69, 9.17) is 4.74 Å². The Labute approximate surface area is 167 Å². The summed E-state index contributed by atoms with van der Waals surface area (Å²) in [7, 11) is 1.66. The van der Waals surface area contributed by atoms with Gasteiger partial charge < -0.3 is 4.74 Å². The van der Waals surface area contributed by atoms with E-state index in [-0.39, 0.29) is 5.78 Å². The average molecular weight is 425 g/mol. The molecule has 138 valence electrons. The first kappa shape index (κ1) is 19.1. The zero-order valence-corrected chi connectivity index (χ0v) is 17.2. The van der Waals surface area contributed by atoms with Crippen LogP contribution in [0.5, 0.6) is 5.75 Å². The number of carbonyl (C=O) groups excluding carboxylic acids is 1. The van der Waals surface area contributed by atoms with Crippen LogP contribution in [0, 0.1) is 13.8 Å². The van der Waals surface area contributed by atoms with Gasteiger partial charge in [0.05, 0.1) is 19.3 Å². The molecule has 5 heteroatoms. The maximum absolute atomic E-state index is 12.4. The number of rotatable bonds is 6. The summed E-state index contributed by atoms with van der Waals surface area (Å²) in [5, 5.41) is 4.52. The lowest BCUT2D eigenvalue weighted by Gasteiger charge is -2.11. The number of methoxy groups -OCH3 is 1. The second-order valence-corrected chi connectivity index (χ2v) is 7.28. The molecule has 0 amide bonds. The number of nitrogens with zero attached hydrogens (tertiary/aromatic N) is 2. The van der Waals surface area contributed by atoms with Crippen LogP contribution in [-0.4, -0.2) is 22.7 Å². The summed E-state index contributed by atoms with van der Waals surface area (Å²) in [4.78, 5) is 12.4. The Morgan fingerprint density at radius 2 is 2.00 bits per heavy atom. The number of hydrogen-bond donors (Lipinski definition) is 0. The lowest BCUT2D eigenvalue weighted by molar-refractivity contribution is 0.104. The predicted octanol–water partition coefficient (Wildman–Crippen LogP) is 5.22. The molecule has 1 heterocycles. The number of aromatic nitrogens is 2. The van der Waals surface area contributed by atoms with E-state index in [0.29, 0.717) is 12.1 Å². The number of carbonyl (C=O) groups is 1. The molecule has 0 aliphatic rings. The molecule has 0 unspecified atom stereocenters. The molecule has 0 aliphatic heterocycles. The standard InChI is InChI=1S/C22H21BrN2O2/c1-15-11-16(2)25(24-15)14-19-12-17(8-10-22(19)27-3)7-9-21(26)18-5-4-6-20(23)13-18/h4-13H,14H2,1-3H3/b9-7+. The van der Waals surface area contributed by atoms with Gasteiger partial charge in [-0.05, 0) is 55.8 Å². The number of benzene rings is 2. The van der Waals surface area contributed by atoms with Crippen LogP contribution in [0.25, 0.3) is 6.08 Å². The fourth-order valence-electron chi connectivity index (χ4n) is 2.93. The second-order valence-electron chi connectivity index (χ2n) is 6.36. The Morgan fingerprint density at radius 3 is 2.67 bits per heavy atom. The van der Waals surface area contributed by atoms with Gasteiger partial charge in [0.1, 0.15) is 5.75 Å². The van der Waals surface area contributed by atoms with Crippen LogP contribution in [0.2, 0.25) is 0 Å². The van der Waals surface area contributed by atoms with Gasteiger partial charge in [-0.3, -0.25) is 9.48 Å². The van der Waals surface area contributed by atoms with E-state index in [1.54, 1.807) is 19.3 Å². The summed E-state index contributed by atoms with van der Waals surface area (Å²) in [5.74, 6) is 0.769. The first-order valence-electron chi connectivity index (χ1n) is 8.62. The number of allylic oxidation sites excluding steroid dienone is 1. The molecule has 0 spiro atoms. The summed E-state index contributed by atoms with van der Waals surface area (Å²) in [5.41, 5.74) is 4.69. The van der Waals surface area contributed by atoms with Crippen molar-refractivity contribution in [1.82, 2.24) is 9.78 Å². The zero-order valence-electron chi connectivity index (χ0n) is 15.6. The Hall–Kier alpha value is -2.66. The number of aryl methyl sites for hydroxylation is 2. The summed E-state index contributed by atoms with van der Waals surface area (Å²) in [6.45, 7) is 4.63. The molecule has 0 radical (unpaired) electrons. The molecule has 27 heavy (non-hydrogen) atoms. The van der Waals surface area contributed by atoms with Crippen LogP contribution in [-0.2, 0) is 6.54 Å². The van der Waals surface area contributed by atoms with Crippen molar-refractivity contribution in [3.05, 3.63) is 87.2 Å². The summed E-state index contributed by atoms with van der Waals surface area (Å²) in [6.07, 6.45) is 3.42. The quantitative estimate of drug-likeness (QED) is 0.402. The SMILES string of the molecule is COc1ccc(/C=C/C(=O)c2cccc(Br)c2)cc1Cn1nc(C)cc1C. The van der Waals surface area contributed by atoms with Crippen LogP contribution in [0.3, 0.4) is 0 Å². The molecule has 0 saturated heterocycles. The normalized spacial score (nSPS) is 11.1. The molecular weight excluding hydrogens is 404 g/mol. The molecule has 0 aliphatic carbocycles. The average Bonchev–Trinajstić information content (AvgIpc) is 2.97. The summed E-state index contributed by atoms with van der Waals surface area (Å²) in [6, 6.07) is 15.3. The first-order valence-corrected chi connectivity index (χ1v) is 9.41. The largest absolute Gasteiger partial charge is 0.496 e. The minimum atomic E-state index is -0.0350. The van der Waals surface area contributed by atoms with Crippen molar-refractivity contribution in [2.75, 3.05) is 7.11 Å². The van der Waals surface area contributed by atoms with E-state index >= 15 is 0 Å². The number of ether oxygens (including phenoxy) is 1. The van der Waals surface area contributed by atoms with Crippen LogP contribution < -0.4 is 4.74 Å². The number of hydrogen-bond acceptors (Lipinski definition) is 3. The lowest BCUT2D eigenvalue weighted by Crippen LogP contribution is -2.05. The molecule has 0 atom stereocenters. The van der Waals surface area contributed by atoms with Crippen LogP contribution >= 0.6 is 15.9 Å². The molecule has 4 nitrogen and oxygen atoms in total. The van der Waals surface area contributed by atoms with Crippen molar-refractivity contribution in [2.24, 2.45) is 0 Å². The monoisotopic (exact) mass is 424 g/mol. The van der Waals surface area contributed by atoms with Crippen molar-refractivity contribution in [2.45, 2.75) is 20.4 Å². The molecule has 2 aromatic carbocycles. The fraction of sp³-hybridized carbons (Fsp3) is 0.182. The topological polar surface area (TPSA) is 44.1 Å². The van der Waals surface area contributed by atoms with E-state index in [1.165, 1.54) is 0 Å².